The van der Waals surface area contributed by atoms with Gasteiger partial charge < -0.3 is 16.0 Å². The number of urea groups is 1. The fraction of sp³-hybridized carbons (Fsp3) is 0.304. The van der Waals surface area contributed by atoms with Gasteiger partial charge in [0.15, 0.2) is 0 Å². The largest absolute Gasteiger partial charge is 0.352 e. The maximum atomic E-state index is 13.1. The smallest absolute Gasteiger partial charge is 0.325 e. The minimum Gasteiger partial charge on any atom is -0.352 e. The van der Waals surface area contributed by atoms with Crippen molar-refractivity contribution in [1.82, 2.24) is 15.5 Å². The lowest BCUT2D eigenvalue weighted by Crippen LogP contribution is -2.51. The summed E-state index contributed by atoms with van der Waals surface area (Å²) < 4.78 is 0. The molecule has 31 heavy (non-hydrogen) atoms. The van der Waals surface area contributed by atoms with Crippen molar-refractivity contribution in [1.29, 1.82) is 0 Å². The predicted molar refractivity (Wildman–Crippen MR) is 115 cm³/mol. The average molecular weight is 420 g/mol. The van der Waals surface area contributed by atoms with Crippen LogP contribution in [0.5, 0.6) is 0 Å². The Morgan fingerprint density at radius 2 is 1.87 bits per heavy atom. The van der Waals surface area contributed by atoms with Crippen LogP contribution in [0.3, 0.4) is 0 Å². The normalized spacial score (nSPS) is 19.7. The Morgan fingerprint density at radius 3 is 2.65 bits per heavy atom. The summed E-state index contributed by atoms with van der Waals surface area (Å²) in [6.45, 7) is 1.92. The van der Waals surface area contributed by atoms with E-state index in [1.54, 1.807) is 24.3 Å². The van der Waals surface area contributed by atoms with E-state index in [2.05, 4.69) is 16.0 Å². The number of hydrogen-bond acceptors (Lipinski definition) is 4. The van der Waals surface area contributed by atoms with Crippen LogP contribution in [-0.2, 0) is 22.4 Å². The van der Waals surface area contributed by atoms with Gasteiger partial charge in [0.2, 0.25) is 5.91 Å². The van der Waals surface area contributed by atoms with Crippen LogP contribution >= 0.6 is 0 Å². The molecule has 1 fully saturated rings. The van der Waals surface area contributed by atoms with Crippen LogP contribution < -0.4 is 16.0 Å². The molecule has 8 nitrogen and oxygen atoms in total. The first-order valence-corrected chi connectivity index (χ1v) is 10.3. The summed E-state index contributed by atoms with van der Waals surface area (Å²) >= 11 is 0. The monoisotopic (exact) mass is 420 g/mol. The number of hydrogen-bond donors (Lipinski definition) is 3. The van der Waals surface area contributed by atoms with E-state index in [4.69, 9.17) is 0 Å². The summed E-state index contributed by atoms with van der Waals surface area (Å²) in [7, 11) is 0. The van der Waals surface area contributed by atoms with E-state index in [1.165, 1.54) is 5.56 Å². The summed E-state index contributed by atoms with van der Waals surface area (Å²) in [5.41, 5.74) is 2.05. The van der Waals surface area contributed by atoms with E-state index in [1.807, 2.05) is 31.2 Å². The second-order valence-electron chi connectivity index (χ2n) is 7.84. The van der Waals surface area contributed by atoms with E-state index < -0.39 is 17.5 Å². The molecular formula is C23H24N4O4. The van der Waals surface area contributed by atoms with E-state index >= 15 is 0 Å². The number of carbonyl (C=O) groups excluding carboxylic acids is 4. The molecule has 2 aromatic carbocycles. The Hall–Kier alpha value is -3.68. The molecule has 2 aliphatic rings. The maximum Gasteiger partial charge on any atom is 0.325 e. The summed E-state index contributed by atoms with van der Waals surface area (Å²) in [4.78, 5) is 51.1. The van der Waals surface area contributed by atoms with Crippen molar-refractivity contribution >= 4 is 29.4 Å². The molecule has 1 saturated heterocycles. The van der Waals surface area contributed by atoms with Gasteiger partial charge in [-0.2, -0.15) is 0 Å². The molecule has 0 aromatic heterocycles. The van der Waals surface area contributed by atoms with Gasteiger partial charge >= 0.3 is 6.03 Å². The Morgan fingerprint density at radius 1 is 1.10 bits per heavy atom. The number of amides is 5. The Bertz CT molecular complexity index is 1070. The molecule has 8 heteroatoms. The number of anilines is 1. The standard InChI is InChI=1S/C23H24N4O4/c1-2-24-20(29)16-8-5-9-18(12-16)25-19(28)14-27-21(30)23(26-22(27)31)11-10-15-6-3-4-7-17(15)13-23/h3-9,12H,2,10-11,13-14H2,1H3,(H,24,29)(H,25,28)(H,26,31). The highest BCUT2D eigenvalue weighted by Gasteiger charge is 2.52. The molecule has 1 heterocycles. The number of aryl methyl sites for hydroxylation is 1. The van der Waals surface area contributed by atoms with Crippen LogP contribution in [0.2, 0.25) is 0 Å². The number of nitrogens with zero attached hydrogens (tertiary/aromatic N) is 1. The zero-order valence-electron chi connectivity index (χ0n) is 17.2. The zero-order chi connectivity index (χ0) is 22.0. The Labute approximate surface area is 180 Å². The van der Waals surface area contributed by atoms with Crippen molar-refractivity contribution in [2.75, 3.05) is 18.4 Å². The minimum absolute atomic E-state index is 0.243. The highest BCUT2D eigenvalue weighted by Crippen LogP contribution is 2.33. The topological polar surface area (TPSA) is 108 Å². The Kier molecular flexibility index (Phi) is 5.46. The lowest BCUT2D eigenvalue weighted by molar-refractivity contribution is -0.134. The molecule has 1 aliphatic heterocycles. The van der Waals surface area contributed by atoms with Gasteiger partial charge in [0, 0.05) is 24.2 Å². The van der Waals surface area contributed by atoms with Crippen molar-refractivity contribution in [2.24, 2.45) is 0 Å². The molecule has 1 atom stereocenters. The van der Waals surface area contributed by atoms with Gasteiger partial charge in [-0.25, -0.2) is 4.79 Å². The number of fused-ring (bicyclic) bond motifs is 1. The highest BCUT2D eigenvalue weighted by molar-refractivity contribution is 6.10. The number of nitrogens with one attached hydrogen (secondary N) is 3. The van der Waals surface area contributed by atoms with Gasteiger partial charge in [-0.15, -0.1) is 0 Å². The van der Waals surface area contributed by atoms with Gasteiger partial charge in [-0.1, -0.05) is 30.3 Å². The summed E-state index contributed by atoms with van der Waals surface area (Å²) in [5.74, 6) is -1.13. The summed E-state index contributed by atoms with van der Waals surface area (Å²) in [5, 5.41) is 8.18. The molecule has 1 spiro atoms. The lowest BCUT2D eigenvalue weighted by atomic mass is 9.78. The van der Waals surface area contributed by atoms with Gasteiger partial charge in [0.1, 0.15) is 12.1 Å². The third-order valence-corrected chi connectivity index (χ3v) is 5.73. The van der Waals surface area contributed by atoms with Gasteiger partial charge in [0.05, 0.1) is 0 Å². The fourth-order valence-corrected chi connectivity index (χ4v) is 4.19. The quantitative estimate of drug-likeness (QED) is 0.642. The van der Waals surface area contributed by atoms with Crippen LogP contribution in [-0.4, -0.2) is 47.3 Å². The van der Waals surface area contributed by atoms with Crippen LogP contribution in [0.4, 0.5) is 10.5 Å². The molecule has 160 valence electrons. The van der Waals surface area contributed by atoms with Crippen molar-refractivity contribution in [2.45, 2.75) is 31.7 Å². The molecule has 1 unspecified atom stereocenters. The molecule has 2 aromatic rings. The number of carbonyl (C=O) groups is 4. The highest BCUT2D eigenvalue weighted by atomic mass is 16.2. The lowest BCUT2D eigenvalue weighted by Gasteiger charge is -2.32. The second-order valence-corrected chi connectivity index (χ2v) is 7.84. The SMILES string of the molecule is CCNC(=O)c1cccc(NC(=O)CN2C(=O)NC3(CCc4ccccc4C3)C2=O)c1. The molecule has 0 bridgehead atoms. The second kappa shape index (κ2) is 8.22. The van der Waals surface area contributed by atoms with E-state index in [-0.39, 0.29) is 18.4 Å². The van der Waals surface area contributed by atoms with E-state index in [0.717, 1.165) is 10.5 Å². The van der Waals surface area contributed by atoms with Gasteiger partial charge in [-0.05, 0) is 49.1 Å². The molecule has 1 aliphatic carbocycles. The first kappa shape index (κ1) is 20.6. The van der Waals surface area contributed by atoms with Crippen molar-refractivity contribution in [3.8, 4) is 0 Å². The van der Waals surface area contributed by atoms with Gasteiger partial charge in [0.25, 0.3) is 11.8 Å². The average Bonchev–Trinajstić information content (AvgIpc) is 2.98. The van der Waals surface area contributed by atoms with E-state index in [0.29, 0.717) is 37.1 Å². The molecule has 4 rings (SSSR count). The number of benzene rings is 2. The van der Waals surface area contributed by atoms with Crippen LogP contribution in [0, 0.1) is 0 Å². The number of imide groups is 1. The number of rotatable bonds is 5. The molecular weight excluding hydrogens is 396 g/mol. The van der Waals surface area contributed by atoms with E-state index in [9.17, 15) is 19.2 Å². The minimum atomic E-state index is -0.996. The summed E-state index contributed by atoms with van der Waals surface area (Å²) in [6.07, 6.45) is 1.61. The van der Waals surface area contributed by atoms with Crippen LogP contribution in [0.15, 0.2) is 48.5 Å². The first-order chi connectivity index (χ1) is 14.9. The maximum absolute atomic E-state index is 13.1. The van der Waals surface area contributed by atoms with Crippen molar-refractivity contribution < 1.29 is 19.2 Å². The first-order valence-electron chi connectivity index (χ1n) is 10.3. The Balaban J connectivity index is 1.44. The third-order valence-electron chi connectivity index (χ3n) is 5.73. The third kappa shape index (κ3) is 4.01. The van der Waals surface area contributed by atoms with Crippen molar-refractivity contribution in [3.63, 3.8) is 0 Å². The van der Waals surface area contributed by atoms with Crippen LogP contribution in [0.25, 0.3) is 0 Å². The summed E-state index contributed by atoms with van der Waals surface area (Å²) in [6, 6.07) is 13.8. The zero-order valence-corrected chi connectivity index (χ0v) is 17.2. The molecule has 0 saturated carbocycles. The predicted octanol–water partition coefficient (Wildman–Crippen LogP) is 1.85. The molecule has 0 radical (unpaired) electrons. The molecule has 5 amide bonds. The van der Waals surface area contributed by atoms with Crippen molar-refractivity contribution in [3.05, 3.63) is 65.2 Å². The molecule has 3 N–H and O–H groups in total. The fourth-order valence-electron chi connectivity index (χ4n) is 4.19. The van der Waals surface area contributed by atoms with Gasteiger partial charge in [-0.3, -0.25) is 19.3 Å². The van der Waals surface area contributed by atoms with Crippen LogP contribution in [0.1, 0.15) is 34.8 Å².